The summed E-state index contributed by atoms with van der Waals surface area (Å²) in [6, 6.07) is 0. The average Bonchev–Trinajstić information content (AvgIpc) is 2.00. The lowest BCUT2D eigenvalue weighted by Crippen LogP contribution is -2.34. The molecule has 0 aromatic heterocycles. The molecule has 0 aromatic carbocycles. The summed E-state index contributed by atoms with van der Waals surface area (Å²) in [5.41, 5.74) is 0. The fraction of sp³-hybridized carbons (Fsp3) is 1.00. The standard InChI is InChI=1S/C9H21NO2/c1-3-4-5-10(6-7-11)8-9(2)12/h9,11-12H,3-8H2,1-2H3/t9-/m1/s1. The van der Waals surface area contributed by atoms with Gasteiger partial charge in [-0.25, -0.2) is 0 Å². The van der Waals surface area contributed by atoms with Gasteiger partial charge in [0.1, 0.15) is 0 Å². The van der Waals surface area contributed by atoms with Crippen LogP contribution >= 0.6 is 0 Å². The molecule has 0 aromatic rings. The zero-order valence-electron chi connectivity index (χ0n) is 8.16. The molecule has 0 aliphatic heterocycles. The van der Waals surface area contributed by atoms with E-state index in [-0.39, 0.29) is 12.7 Å². The maximum absolute atomic E-state index is 9.13. The van der Waals surface area contributed by atoms with Gasteiger partial charge in [-0.1, -0.05) is 13.3 Å². The molecule has 0 saturated heterocycles. The molecular weight excluding hydrogens is 154 g/mol. The Bertz CT molecular complexity index is 96.5. The Kier molecular flexibility index (Phi) is 7.45. The molecule has 0 unspecified atom stereocenters. The molecule has 0 fully saturated rings. The number of nitrogens with zero attached hydrogens (tertiary/aromatic N) is 1. The zero-order chi connectivity index (χ0) is 9.40. The predicted molar refractivity (Wildman–Crippen MR) is 50.1 cm³/mol. The first-order valence-corrected chi connectivity index (χ1v) is 4.72. The molecule has 0 heterocycles. The molecule has 74 valence electrons. The summed E-state index contributed by atoms with van der Waals surface area (Å²) < 4.78 is 0. The Hall–Kier alpha value is -0.120. The van der Waals surface area contributed by atoms with Crippen LogP contribution in [-0.4, -0.2) is 47.5 Å². The summed E-state index contributed by atoms with van der Waals surface area (Å²) in [5, 5.41) is 17.9. The van der Waals surface area contributed by atoms with Gasteiger partial charge in [-0.15, -0.1) is 0 Å². The first-order valence-electron chi connectivity index (χ1n) is 4.72. The van der Waals surface area contributed by atoms with E-state index >= 15 is 0 Å². The van der Waals surface area contributed by atoms with Crippen LogP contribution in [0.3, 0.4) is 0 Å². The van der Waals surface area contributed by atoms with E-state index in [4.69, 9.17) is 10.2 Å². The lowest BCUT2D eigenvalue weighted by Gasteiger charge is -2.22. The normalized spacial score (nSPS) is 13.8. The summed E-state index contributed by atoms with van der Waals surface area (Å²) in [4.78, 5) is 2.09. The van der Waals surface area contributed by atoms with Crippen LogP contribution in [0.15, 0.2) is 0 Å². The topological polar surface area (TPSA) is 43.7 Å². The van der Waals surface area contributed by atoms with E-state index in [1.165, 1.54) is 0 Å². The van der Waals surface area contributed by atoms with E-state index in [9.17, 15) is 0 Å². The molecule has 0 rings (SSSR count). The molecule has 3 nitrogen and oxygen atoms in total. The highest BCUT2D eigenvalue weighted by Gasteiger charge is 2.05. The second-order valence-corrected chi connectivity index (χ2v) is 3.23. The first kappa shape index (κ1) is 11.9. The van der Waals surface area contributed by atoms with Crippen LogP contribution in [0.1, 0.15) is 26.7 Å². The highest BCUT2D eigenvalue weighted by Crippen LogP contribution is 1.96. The highest BCUT2D eigenvalue weighted by molar-refractivity contribution is 4.60. The second-order valence-electron chi connectivity index (χ2n) is 3.23. The van der Waals surface area contributed by atoms with Crippen molar-refractivity contribution in [2.45, 2.75) is 32.8 Å². The van der Waals surface area contributed by atoms with Gasteiger partial charge in [-0.2, -0.15) is 0 Å². The van der Waals surface area contributed by atoms with E-state index in [0.717, 1.165) is 19.4 Å². The Morgan fingerprint density at radius 1 is 1.33 bits per heavy atom. The van der Waals surface area contributed by atoms with Gasteiger partial charge in [0.15, 0.2) is 0 Å². The van der Waals surface area contributed by atoms with E-state index in [1.807, 2.05) is 0 Å². The molecule has 0 bridgehead atoms. The number of hydrogen-bond donors (Lipinski definition) is 2. The summed E-state index contributed by atoms with van der Waals surface area (Å²) in [7, 11) is 0. The SMILES string of the molecule is CCCCN(CCO)C[C@@H](C)O. The molecular formula is C9H21NO2. The van der Waals surface area contributed by atoms with Crippen LogP contribution in [0.5, 0.6) is 0 Å². The Morgan fingerprint density at radius 2 is 2.00 bits per heavy atom. The smallest absolute Gasteiger partial charge is 0.0639 e. The lowest BCUT2D eigenvalue weighted by molar-refractivity contribution is 0.110. The molecule has 2 N–H and O–H groups in total. The van der Waals surface area contributed by atoms with Crippen molar-refractivity contribution in [2.24, 2.45) is 0 Å². The summed E-state index contributed by atoms with van der Waals surface area (Å²) in [5.74, 6) is 0. The Balaban J connectivity index is 3.54. The van der Waals surface area contributed by atoms with Crippen molar-refractivity contribution in [1.29, 1.82) is 0 Å². The minimum Gasteiger partial charge on any atom is -0.395 e. The van der Waals surface area contributed by atoms with E-state index in [2.05, 4.69) is 11.8 Å². The maximum atomic E-state index is 9.13. The van der Waals surface area contributed by atoms with Crippen LogP contribution in [0.2, 0.25) is 0 Å². The van der Waals surface area contributed by atoms with Crippen LogP contribution in [0.25, 0.3) is 0 Å². The number of rotatable bonds is 7. The molecule has 0 amide bonds. The fourth-order valence-electron chi connectivity index (χ4n) is 1.19. The van der Waals surface area contributed by atoms with Gasteiger partial charge in [0.05, 0.1) is 12.7 Å². The van der Waals surface area contributed by atoms with Gasteiger partial charge in [0.2, 0.25) is 0 Å². The molecule has 12 heavy (non-hydrogen) atoms. The number of aliphatic hydroxyl groups is 2. The third kappa shape index (κ3) is 6.58. The average molecular weight is 175 g/mol. The molecule has 0 radical (unpaired) electrons. The third-order valence-corrected chi connectivity index (χ3v) is 1.77. The first-order chi connectivity index (χ1) is 5.70. The molecule has 0 spiro atoms. The van der Waals surface area contributed by atoms with E-state index < -0.39 is 0 Å². The van der Waals surface area contributed by atoms with Gasteiger partial charge >= 0.3 is 0 Å². The van der Waals surface area contributed by atoms with Crippen molar-refractivity contribution in [2.75, 3.05) is 26.2 Å². The largest absolute Gasteiger partial charge is 0.395 e. The van der Waals surface area contributed by atoms with Crippen LogP contribution in [0, 0.1) is 0 Å². The second kappa shape index (κ2) is 7.53. The quantitative estimate of drug-likeness (QED) is 0.591. The summed E-state index contributed by atoms with van der Waals surface area (Å²) >= 11 is 0. The number of unbranched alkanes of at least 4 members (excludes halogenated alkanes) is 1. The van der Waals surface area contributed by atoms with Crippen LogP contribution < -0.4 is 0 Å². The van der Waals surface area contributed by atoms with Crippen molar-refractivity contribution >= 4 is 0 Å². The maximum Gasteiger partial charge on any atom is 0.0639 e. The van der Waals surface area contributed by atoms with Crippen LogP contribution in [0.4, 0.5) is 0 Å². The van der Waals surface area contributed by atoms with Gasteiger partial charge in [0.25, 0.3) is 0 Å². The summed E-state index contributed by atoms with van der Waals surface area (Å²) in [6.07, 6.45) is 1.99. The van der Waals surface area contributed by atoms with E-state index in [0.29, 0.717) is 13.1 Å². The third-order valence-electron chi connectivity index (χ3n) is 1.77. The minimum atomic E-state index is -0.298. The van der Waals surface area contributed by atoms with Gasteiger partial charge in [-0.3, -0.25) is 4.90 Å². The molecule has 0 saturated carbocycles. The molecule has 3 heteroatoms. The Morgan fingerprint density at radius 3 is 2.42 bits per heavy atom. The highest BCUT2D eigenvalue weighted by atomic mass is 16.3. The number of hydrogen-bond acceptors (Lipinski definition) is 3. The molecule has 0 aliphatic carbocycles. The van der Waals surface area contributed by atoms with Crippen molar-refractivity contribution in [1.82, 2.24) is 4.90 Å². The lowest BCUT2D eigenvalue weighted by atomic mass is 10.3. The predicted octanol–water partition coefficient (Wildman–Crippen LogP) is 0.462. The van der Waals surface area contributed by atoms with Gasteiger partial charge < -0.3 is 10.2 Å². The molecule has 1 atom stereocenters. The monoisotopic (exact) mass is 175 g/mol. The fourth-order valence-corrected chi connectivity index (χ4v) is 1.19. The minimum absolute atomic E-state index is 0.177. The van der Waals surface area contributed by atoms with Crippen LogP contribution in [-0.2, 0) is 0 Å². The van der Waals surface area contributed by atoms with Gasteiger partial charge in [-0.05, 0) is 19.9 Å². The Labute approximate surface area is 75.0 Å². The zero-order valence-corrected chi connectivity index (χ0v) is 8.16. The van der Waals surface area contributed by atoms with Gasteiger partial charge in [0, 0.05) is 13.1 Å². The summed E-state index contributed by atoms with van der Waals surface area (Å²) in [6.45, 7) is 6.40. The van der Waals surface area contributed by atoms with Crippen molar-refractivity contribution < 1.29 is 10.2 Å². The van der Waals surface area contributed by atoms with Crippen molar-refractivity contribution in [3.05, 3.63) is 0 Å². The molecule has 0 aliphatic rings. The van der Waals surface area contributed by atoms with Crippen molar-refractivity contribution in [3.63, 3.8) is 0 Å². The van der Waals surface area contributed by atoms with E-state index in [1.54, 1.807) is 6.92 Å². The van der Waals surface area contributed by atoms with Crippen molar-refractivity contribution in [3.8, 4) is 0 Å². The number of aliphatic hydroxyl groups excluding tert-OH is 2.